The van der Waals surface area contributed by atoms with Gasteiger partial charge in [0.15, 0.2) is 0 Å². The van der Waals surface area contributed by atoms with Crippen molar-refractivity contribution >= 4 is 5.78 Å². The molecule has 4 rings (SSSR count). The number of carbonyl (C=O) groups is 1. The van der Waals surface area contributed by atoms with Gasteiger partial charge in [-0.25, -0.2) is 0 Å². The fourth-order valence-electron chi connectivity index (χ4n) is 8.33. The van der Waals surface area contributed by atoms with Crippen LogP contribution in [0.25, 0.3) is 0 Å². The van der Waals surface area contributed by atoms with Gasteiger partial charge in [-0.15, -0.1) is 0 Å². The van der Waals surface area contributed by atoms with Crippen molar-refractivity contribution in [1.82, 2.24) is 0 Å². The van der Waals surface area contributed by atoms with E-state index in [1.165, 1.54) is 51.4 Å². The van der Waals surface area contributed by atoms with Gasteiger partial charge in [0.2, 0.25) is 0 Å². The van der Waals surface area contributed by atoms with Gasteiger partial charge in [0.1, 0.15) is 5.78 Å². The van der Waals surface area contributed by atoms with Gasteiger partial charge in [-0.1, -0.05) is 65.5 Å². The minimum Gasteiger partial charge on any atom is -0.300 e. The van der Waals surface area contributed by atoms with E-state index in [4.69, 9.17) is 0 Å². The zero-order chi connectivity index (χ0) is 20.1. The number of allylic oxidation sites excluding steroid dienone is 2. The Kier molecular flexibility index (Phi) is 5.60. The normalized spacial score (nSPS) is 43.9. The molecule has 0 heterocycles. The minimum absolute atomic E-state index is 0.403. The maximum atomic E-state index is 12.1. The van der Waals surface area contributed by atoms with Crippen molar-refractivity contribution in [3.8, 4) is 0 Å². The van der Waals surface area contributed by atoms with Crippen LogP contribution in [-0.4, -0.2) is 5.78 Å². The van der Waals surface area contributed by atoms with Crippen LogP contribution in [0.5, 0.6) is 0 Å². The summed E-state index contributed by atoms with van der Waals surface area (Å²) < 4.78 is 0. The monoisotopic (exact) mass is 384 g/mol. The van der Waals surface area contributed by atoms with E-state index >= 15 is 0 Å². The molecular formula is C27H44O. The Balaban J connectivity index is 1.51. The summed E-state index contributed by atoms with van der Waals surface area (Å²) in [5.74, 6) is 5.40. The van der Waals surface area contributed by atoms with Gasteiger partial charge in [-0.2, -0.15) is 0 Å². The highest BCUT2D eigenvalue weighted by Gasteiger charge is 2.58. The summed E-state index contributed by atoms with van der Waals surface area (Å²) in [5, 5.41) is 0. The SMILES string of the molecule is CC(C)CCC[C@@H](C)[C@H]1CC[C@H]2C3=CC[C@H]4CC(=O)CC[C@]4(C)C3CC[C@]12C. The highest BCUT2D eigenvalue weighted by molar-refractivity contribution is 5.79. The molecule has 0 aromatic heterocycles. The summed E-state index contributed by atoms with van der Waals surface area (Å²) in [4.78, 5) is 12.1. The zero-order valence-electron chi connectivity index (χ0n) is 19.2. The molecule has 0 spiro atoms. The van der Waals surface area contributed by atoms with E-state index in [0.717, 1.165) is 48.9 Å². The molecule has 3 saturated carbocycles. The summed E-state index contributed by atoms with van der Waals surface area (Å²) >= 11 is 0. The van der Waals surface area contributed by atoms with E-state index in [1.807, 2.05) is 5.57 Å². The standard InChI is InChI=1S/C27H44O/c1-18(2)7-6-8-19(3)23-11-12-24-22-10-9-20-17-21(28)13-15-26(20,4)25(22)14-16-27(23,24)5/h10,18-20,23-25H,6-9,11-17H2,1-5H3/t19-,20+,23-,24+,25?,26+,27-/m1/s1. The first-order valence-electron chi connectivity index (χ1n) is 12.5. The second-order valence-corrected chi connectivity index (χ2v) is 12.0. The summed E-state index contributed by atoms with van der Waals surface area (Å²) in [6, 6.07) is 0. The third kappa shape index (κ3) is 3.33. The highest BCUT2D eigenvalue weighted by atomic mass is 16.1. The van der Waals surface area contributed by atoms with Crippen molar-refractivity contribution < 1.29 is 4.79 Å². The van der Waals surface area contributed by atoms with Crippen LogP contribution < -0.4 is 0 Å². The molecule has 0 saturated heterocycles. The van der Waals surface area contributed by atoms with Crippen molar-refractivity contribution in [2.45, 2.75) is 105 Å². The van der Waals surface area contributed by atoms with Crippen LogP contribution in [0, 0.1) is 46.3 Å². The number of ketones is 1. The molecule has 7 atom stereocenters. The number of Topliss-reactive ketones (excluding diaryl/α,β-unsaturated/α-hetero) is 1. The Morgan fingerprint density at radius 3 is 2.50 bits per heavy atom. The average molecular weight is 385 g/mol. The van der Waals surface area contributed by atoms with E-state index in [0.29, 0.717) is 22.5 Å². The number of hydrogen-bond acceptors (Lipinski definition) is 1. The molecule has 0 aromatic carbocycles. The van der Waals surface area contributed by atoms with Gasteiger partial charge in [0.05, 0.1) is 0 Å². The van der Waals surface area contributed by atoms with Gasteiger partial charge < -0.3 is 0 Å². The van der Waals surface area contributed by atoms with Crippen molar-refractivity contribution in [2.75, 3.05) is 0 Å². The maximum Gasteiger partial charge on any atom is 0.133 e. The average Bonchev–Trinajstić information content (AvgIpc) is 2.99. The molecule has 0 N–H and O–H groups in total. The minimum atomic E-state index is 0.403. The van der Waals surface area contributed by atoms with Crippen LogP contribution in [0.1, 0.15) is 105 Å². The van der Waals surface area contributed by atoms with Gasteiger partial charge in [-0.3, -0.25) is 4.79 Å². The Labute approximate surface area is 174 Å². The lowest BCUT2D eigenvalue weighted by atomic mass is 9.47. The summed E-state index contributed by atoms with van der Waals surface area (Å²) in [6.07, 6.45) is 16.6. The van der Waals surface area contributed by atoms with Crippen LogP contribution in [0.3, 0.4) is 0 Å². The Hall–Kier alpha value is -0.590. The van der Waals surface area contributed by atoms with Crippen LogP contribution >= 0.6 is 0 Å². The van der Waals surface area contributed by atoms with Gasteiger partial charge >= 0.3 is 0 Å². The van der Waals surface area contributed by atoms with Crippen LogP contribution in [0.15, 0.2) is 11.6 Å². The topological polar surface area (TPSA) is 17.1 Å². The first-order chi connectivity index (χ1) is 13.3. The van der Waals surface area contributed by atoms with Crippen LogP contribution in [-0.2, 0) is 4.79 Å². The Morgan fingerprint density at radius 2 is 1.75 bits per heavy atom. The van der Waals surface area contributed by atoms with Gasteiger partial charge in [0, 0.05) is 12.8 Å². The molecule has 3 fully saturated rings. The van der Waals surface area contributed by atoms with Gasteiger partial charge in [-0.05, 0) is 84.9 Å². The molecule has 0 aromatic rings. The molecule has 0 aliphatic heterocycles. The molecule has 1 heteroatoms. The molecule has 28 heavy (non-hydrogen) atoms. The number of hydrogen-bond donors (Lipinski definition) is 0. The van der Waals surface area contributed by atoms with E-state index in [1.54, 1.807) is 0 Å². The van der Waals surface area contributed by atoms with Gasteiger partial charge in [0.25, 0.3) is 0 Å². The number of rotatable bonds is 5. The molecule has 4 aliphatic rings. The van der Waals surface area contributed by atoms with Crippen molar-refractivity contribution in [2.24, 2.45) is 46.3 Å². The fourth-order valence-corrected chi connectivity index (χ4v) is 8.33. The van der Waals surface area contributed by atoms with Crippen molar-refractivity contribution in [1.29, 1.82) is 0 Å². The molecule has 158 valence electrons. The lowest BCUT2D eigenvalue weighted by Gasteiger charge is -2.57. The first kappa shape index (κ1) is 20.7. The summed E-state index contributed by atoms with van der Waals surface area (Å²) in [7, 11) is 0. The summed E-state index contributed by atoms with van der Waals surface area (Å²) in [5.41, 5.74) is 2.78. The van der Waals surface area contributed by atoms with E-state index in [2.05, 4.69) is 40.7 Å². The lowest BCUT2D eigenvalue weighted by molar-refractivity contribution is -0.127. The Bertz CT molecular complexity index is 630. The molecule has 0 radical (unpaired) electrons. The van der Waals surface area contributed by atoms with Crippen LogP contribution in [0.4, 0.5) is 0 Å². The number of fused-ring (bicyclic) bond motifs is 5. The second kappa shape index (κ2) is 7.59. The quantitative estimate of drug-likeness (QED) is 0.446. The smallest absolute Gasteiger partial charge is 0.133 e. The van der Waals surface area contributed by atoms with Crippen molar-refractivity contribution in [3.63, 3.8) is 0 Å². The van der Waals surface area contributed by atoms with Crippen molar-refractivity contribution in [3.05, 3.63) is 11.6 Å². The summed E-state index contributed by atoms with van der Waals surface area (Å²) in [6.45, 7) is 12.5. The first-order valence-corrected chi connectivity index (χ1v) is 12.5. The van der Waals surface area contributed by atoms with E-state index < -0.39 is 0 Å². The molecule has 0 amide bonds. The predicted molar refractivity (Wildman–Crippen MR) is 118 cm³/mol. The fraction of sp³-hybridized carbons (Fsp3) is 0.889. The maximum absolute atomic E-state index is 12.1. The second-order valence-electron chi connectivity index (χ2n) is 12.0. The molecule has 4 aliphatic carbocycles. The molecule has 1 unspecified atom stereocenters. The van der Waals surface area contributed by atoms with E-state index in [-0.39, 0.29) is 0 Å². The highest BCUT2D eigenvalue weighted by Crippen LogP contribution is 2.66. The third-order valence-corrected chi connectivity index (χ3v) is 10.1. The Morgan fingerprint density at radius 1 is 1.00 bits per heavy atom. The zero-order valence-corrected chi connectivity index (χ0v) is 19.2. The largest absolute Gasteiger partial charge is 0.300 e. The lowest BCUT2D eigenvalue weighted by Crippen LogP contribution is -2.49. The molecule has 0 bridgehead atoms. The van der Waals surface area contributed by atoms with E-state index in [9.17, 15) is 4.79 Å². The third-order valence-electron chi connectivity index (χ3n) is 10.1. The number of carbonyl (C=O) groups excluding carboxylic acids is 1. The molecular weight excluding hydrogens is 340 g/mol. The molecule has 1 nitrogen and oxygen atoms in total. The van der Waals surface area contributed by atoms with Crippen LogP contribution in [0.2, 0.25) is 0 Å². The predicted octanol–water partition coefficient (Wildman–Crippen LogP) is 7.60.